The molecule has 1 atom stereocenters. The zero-order valence-corrected chi connectivity index (χ0v) is 19.5. The molecule has 2 aliphatic rings. The summed E-state index contributed by atoms with van der Waals surface area (Å²) in [6, 6.07) is 4.79. The molecule has 2 N–H and O–H groups in total. The molecule has 1 saturated heterocycles. The van der Waals surface area contributed by atoms with E-state index in [0.29, 0.717) is 28.1 Å². The Morgan fingerprint density at radius 1 is 1.15 bits per heavy atom. The van der Waals surface area contributed by atoms with Crippen LogP contribution in [0.1, 0.15) is 61.7 Å². The molecule has 1 aliphatic carbocycles. The Labute approximate surface area is 195 Å². The summed E-state index contributed by atoms with van der Waals surface area (Å²) >= 11 is 1.43. The smallest absolute Gasteiger partial charge is 0.292 e. The van der Waals surface area contributed by atoms with E-state index in [1.54, 1.807) is 6.07 Å². The number of carbonyl (C=O) groups excluding carboxylic acids is 2. The third kappa shape index (κ3) is 4.09. The highest BCUT2D eigenvalue weighted by Gasteiger charge is 2.29. The first-order valence-electron chi connectivity index (χ1n) is 11.3. The standard InChI is InChI=1S/C25H26N2O5S/c1-13-8-9-16-18(28)11-19(32-22(16)14(13)2)23(29)27-25-21(17-6-3-7-20(17)33-25)24(30)26-12-15-5-4-10-31-15/h8-9,11,15H,3-7,10,12H2,1-2H3,(H,26,30)(H,27,29)/t15-/m0/s1. The summed E-state index contributed by atoms with van der Waals surface area (Å²) in [4.78, 5) is 39.9. The summed E-state index contributed by atoms with van der Waals surface area (Å²) in [7, 11) is 0. The SMILES string of the molecule is Cc1ccc2c(=O)cc(C(=O)Nc3sc4c(c3C(=O)NC[C@@H]3CCCO3)CCC4)oc2c1C. The molecule has 8 heteroatoms. The Kier molecular flexibility index (Phi) is 5.80. The van der Waals surface area contributed by atoms with E-state index in [4.69, 9.17) is 9.15 Å². The van der Waals surface area contributed by atoms with Crippen molar-refractivity contribution in [1.29, 1.82) is 0 Å². The van der Waals surface area contributed by atoms with Gasteiger partial charge in [-0.3, -0.25) is 14.4 Å². The quantitative estimate of drug-likeness (QED) is 0.590. The summed E-state index contributed by atoms with van der Waals surface area (Å²) in [5.41, 5.74) is 3.47. The van der Waals surface area contributed by atoms with Crippen LogP contribution in [0.25, 0.3) is 11.0 Å². The third-order valence-electron chi connectivity index (χ3n) is 6.53. The Hall–Kier alpha value is -2.97. The fourth-order valence-electron chi connectivity index (χ4n) is 4.56. The minimum atomic E-state index is -0.539. The normalized spacial score (nSPS) is 17.3. The lowest BCUT2D eigenvalue weighted by Crippen LogP contribution is -2.32. The number of amides is 2. The number of aryl methyl sites for hydroxylation is 3. The van der Waals surface area contributed by atoms with Gasteiger partial charge in [0.25, 0.3) is 11.8 Å². The van der Waals surface area contributed by atoms with Gasteiger partial charge in [0.05, 0.1) is 17.1 Å². The number of rotatable bonds is 5. The van der Waals surface area contributed by atoms with Gasteiger partial charge in [-0.15, -0.1) is 11.3 Å². The highest BCUT2D eigenvalue weighted by Crippen LogP contribution is 2.39. The van der Waals surface area contributed by atoms with Crippen molar-refractivity contribution in [2.24, 2.45) is 0 Å². The topological polar surface area (TPSA) is 97.6 Å². The second-order valence-corrected chi connectivity index (χ2v) is 9.82. The van der Waals surface area contributed by atoms with E-state index in [0.717, 1.165) is 60.3 Å². The van der Waals surface area contributed by atoms with Gasteiger partial charge >= 0.3 is 0 Å². The summed E-state index contributed by atoms with van der Waals surface area (Å²) in [6.45, 7) is 4.97. The molecule has 7 nitrogen and oxygen atoms in total. The van der Waals surface area contributed by atoms with Crippen molar-refractivity contribution in [2.45, 2.75) is 52.1 Å². The molecule has 3 aromatic rings. The first-order valence-corrected chi connectivity index (χ1v) is 12.1. The maximum atomic E-state index is 13.1. The van der Waals surface area contributed by atoms with Crippen LogP contribution in [0.4, 0.5) is 5.00 Å². The largest absolute Gasteiger partial charge is 0.450 e. The minimum absolute atomic E-state index is 0.0391. The molecule has 0 radical (unpaired) electrons. The van der Waals surface area contributed by atoms with Gasteiger partial charge in [0, 0.05) is 24.1 Å². The monoisotopic (exact) mass is 466 g/mol. The van der Waals surface area contributed by atoms with Crippen molar-refractivity contribution in [3.8, 4) is 0 Å². The summed E-state index contributed by atoms with van der Waals surface area (Å²) < 4.78 is 11.5. The average Bonchev–Trinajstić information content (AvgIpc) is 3.52. The van der Waals surface area contributed by atoms with Crippen LogP contribution in [-0.4, -0.2) is 31.1 Å². The maximum Gasteiger partial charge on any atom is 0.292 e. The Morgan fingerprint density at radius 2 is 2.00 bits per heavy atom. The van der Waals surface area contributed by atoms with E-state index in [-0.39, 0.29) is 23.2 Å². The molecule has 1 fully saturated rings. The number of thiophene rings is 1. The predicted molar refractivity (Wildman–Crippen MR) is 128 cm³/mol. The van der Waals surface area contributed by atoms with Crippen molar-refractivity contribution in [3.63, 3.8) is 0 Å². The van der Waals surface area contributed by atoms with Crippen LogP contribution in [0.5, 0.6) is 0 Å². The van der Waals surface area contributed by atoms with Gasteiger partial charge in [-0.05, 0) is 68.7 Å². The van der Waals surface area contributed by atoms with E-state index in [2.05, 4.69) is 10.6 Å². The van der Waals surface area contributed by atoms with E-state index in [1.165, 1.54) is 17.4 Å². The summed E-state index contributed by atoms with van der Waals surface area (Å²) in [5.74, 6) is -0.810. The van der Waals surface area contributed by atoms with Crippen molar-refractivity contribution >= 4 is 39.1 Å². The number of hydrogen-bond donors (Lipinski definition) is 2. The molecule has 0 bridgehead atoms. The zero-order valence-electron chi connectivity index (χ0n) is 18.7. The molecule has 2 amide bonds. The van der Waals surface area contributed by atoms with Crippen LogP contribution in [0.2, 0.25) is 0 Å². The van der Waals surface area contributed by atoms with Gasteiger partial charge in [0.15, 0.2) is 11.2 Å². The molecule has 5 rings (SSSR count). The summed E-state index contributed by atoms with van der Waals surface area (Å²) in [6.07, 6.45) is 4.69. The van der Waals surface area contributed by atoms with Crippen molar-refractivity contribution < 1.29 is 18.7 Å². The van der Waals surface area contributed by atoms with E-state index >= 15 is 0 Å². The predicted octanol–water partition coefficient (Wildman–Crippen LogP) is 4.12. The number of fused-ring (bicyclic) bond motifs is 2. The number of carbonyl (C=O) groups is 2. The molecule has 33 heavy (non-hydrogen) atoms. The van der Waals surface area contributed by atoms with Gasteiger partial charge < -0.3 is 19.8 Å². The van der Waals surface area contributed by atoms with E-state index < -0.39 is 5.91 Å². The second kappa shape index (κ2) is 8.76. The molecule has 1 aliphatic heterocycles. The molecule has 0 saturated carbocycles. The average molecular weight is 467 g/mol. The number of benzene rings is 1. The molecule has 0 unspecified atom stereocenters. The fourth-order valence-corrected chi connectivity index (χ4v) is 5.84. The lowest BCUT2D eigenvalue weighted by atomic mass is 10.1. The molecular formula is C25H26N2O5S. The van der Waals surface area contributed by atoms with Crippen LogP contribution in [-0.2, 0) is 17.6 Å². The van der Waals surface area contributed by atoms with Crippen LogP contribution in [0, 0.1) is 13.8 Å². The number of anilines is 1. The fraction of sp³-hybridized carbons (Fsp3) is 0.400. The zero-order chi connectivity index (χ0) is 23.1. The van der Waals surface area contributed by atoms with Gasteiger partial charge in [0.2, 0.25) is 0 Å². The molecular weight excluding hydrogens is 440 g/mol. The highest BCUT2D eigenvalue weighted by atomic mass is 32.1. The van der Waals surface area contributed by atoms with Gasteiger partial charge in [-0.2, -0.15) is 0 Å². The maximum absolute atomic E-state index is 13.1. The highest BCUT2D eigenvalue weighted by molar-refractivity contribution is 7.17. The van der Waals surface area contributed by atoms with Crippen LogP contribution < -0.4 is 16.1 Å². The molecule has 0 spiro atoms. The first-order chi connectivity index (χ1) is 15.9. The molecule has 172 valence electrons. The van der Waals surface area contributed by atoms with E-state index in [9.17, 15) is 14.4 Å². The summed E-state index contributed by atoms with van der Waals surface area (Å²) in [5, 5.41) is 6.76. The van der Waals surface area contributed by atoms with Crippen LogP contribution in [0.3, 0.4) is 0 Å². The molecule has 1 aromatic carbocycles. The second-order valence-electron chi connectivity index (χ2n) is 8.72. The van der Waals surface area contributed by atoms with Gasteiger partial charge in [-0.25, -0.2) is 0 Å². The lowest BCUT2D eigenvalue weighted by Gasteiger charge is -2.13. The van der Waals surface area contributed by atoms with Gasteiger partial charge in [0.1, 0.15) is 10.6 Å². The number of nitrogens with one attached hydrogen (secondary N) is 2. The number of hydrogen-bond acceptors (Lipinski definition) is 6. The Morgan fingerprint density at radius 3 is 2.79 bits per heavy atom. The van der Waals surface area contributed by atoms with Crippen LogP contribution in [0.15, 0.2) is 27.4 Å². The first kappa shape index (κ1) is 21.9. The lowest BCUT2D eigenvalue weighted by molar-refractivity contribution is 0.0858. The molecule has 3 heterocycles. The third-order valence-corrected chi connectivity index (χ3v) is 7.74. The Bertz CT molecular complexity index is 1320. The van der Waals surface area contributed by atoms with Crippen molar-refractivity contribution in [1.82, 2.24) is 5.32 Å². The molecule has 2 aromatic heterocycles. The van der Waals surface area contributed by atoms with Crippen molar-refractivity contribution in [2.75, 3.05) is 18.5 Å². The van der Waals surface area contributed by atoms with E-state index in [1.807, 2.05) is 19.9 Å². The Balaban J connectivity index is 1.43. The van der Waals surface area contributed by atoms with Crippen LogP contribution >= 0.6 is 11.3 Å². The minimum Gasteiger partial charge on any atom is -0.450 e. The number of ether oxygens (including phenoxy) is 1. The van der Waals surface area contributed by atoms with Gasteiger partial charge in [-0.1, -0.05) is 6.07 Å². The van der Waals surface area contributed by atoms with Crippen molar-refractivity contribution in [3.05, 3.63) is 61.3 Å².